The van der Waals surface area contributed by atoms with Crippen molar-refractivity contribution in [1.29, 1.82) is 5.41 Å². The van der Waals surface area contributed by atoms with Gasteiger partial charge in [-0.1, -0.05) is 6.07 Å². The number of benzene rings is 2. The van der Waals surface area contributed by atoms with Crippen molar-refractivity contribution >= 4 is 22.7 Å². The van der Waals surface area contributed by atoms with Gasteiger partial charge in [0, 0.05) is 17.5 Å². The predicted molar refractivity (Wildman–Crippen MR) is 121 cm³/mol. The van der Waals surface area contributed by atoms with Gasteiger partial charge in [0.15, 0.2) is 11.5 Å². The van der Waals surface area contributed by atoms with Gasteiger partial charge in [0.2, 0.25) is 0 Å². The molecule has 0 spiro atoms. The average Bonchev–Trinajstić information content (AvgIpc) is 3.38. The third kappa shape index (κ3) is 4.06. The van der Waals surface area contributed by atoms with E-state index in [-0.39, 0.29) is 18.1 Å². The first kappa shape index (κ1) is 20.7. The smallest absolute Gasteiger partial charge is 0.161 e. The highest BCUT2D eigenvalue weighted by Crippen LogP contribution is 2.34. The van der Waals surface area contributed by atoms with Crippen LogP contribution in [0.1, 0.15) is 10.6 Å². The Morgan fingerprint density at radius 2 is 1.77 bits per heavy atom. The molecule has 1 aliphatic rings. The van der Waals surface area contributed by atoms with E-state index in [4.69, 9.17) is 19.6 Å². The second-order valence-corrected chi connectivity index (χ2v) is 7.84. The zero-order chi connectivity index (χ0) is 22.0. The van der Waals surface area contributed by atoms with Crippen molar-refractivity contribution in [2.45, 2.75) is 6.54 Å². The Morgan fingerprint density at radius 3 is 2.45 bits per heavy atom. The summed E-state index contributed by atoms with van der Waals surface area (Å²) in [6.45, 7) is 0.726. The Balaban J connectivity index is 1.52. The summed E-state index contributed by atoms with van der Waals surface area (Å²) in [5.74, 6) is 2.47. The van der Waals surface area contributed by atoms with Gasteiger partial charge >= 0.3 is 0 Å². The van der Waals surface area contributed by atoms with E-state index < -0.39 is 0 Å². The fraction of sp³-hybridized carbons (Fsp3) is 0.217. The van der Waals surface area contributed by atoms with Crippen LogP contribution in [0.5, 0.6) is 17.2 Å². The molecule has 0 amide bonds. The van der Waals surface area contributed by atoms with Gasteiger partial charge in [-0.15, -0.1) is 11.3 Å². The summed E-state index contributed by atoms with van der Waals surface area (Å²) in [4.78, 5) is 6.47. The molecule has 0 aliphatic carbocycles. The monoisotopic (exact) mass is 437 g/mol. The molecule has 2 N–H and O–H groups in total. The number of hydrogen-bond donors (Lipinski definition) is 2. The first-order valence-electron chi connectivity index (χ1n) is 9.61. The number of aliphatic hydroxyl groups is 1. The number of thiazole rings is 1. The molecule has 0 saturated carbocycles. The lowest BCUT2D eigenvalue weighted by atomic mass is 10.1. The van der Waals surface area contributed by atoms with Gasteiger partial charge in [0.1, 0.15) is 22.4 Å². The molecular weight excluding hydrogens is 414 g/mol. The summed E-state index contributed by atoms with van der Waals surface area (Å²) in [5, 5.41) is 21.8. The second-order valence-electron chi connectivity index (χ2n) is 6.98. The predicted octanol–water partition coefficient (Wildman–Crippen LogP) is 4.60. The minimum Gasteiger partial charge on any atom is -0.510 e. The van der Waals surface area contributed by atoms with Gasteiger partial charge in [-0.3, -0.25) is 5.41 Å². The zero-order valence-electron chi connectivity index (χ0n) is 17.5. The van der Waals surface area contributed by atoms with Gasteiger partial charge in [-0.25, -0.2) is 4.98 Å². The molecule has 0 saturated heterocycles. The van der Waals surface area contributed by atoms with Crippen LogP contribution in [0.2, 0.25) is 0 Å². The van der Waals surface area contributed by atoms with Crippen LogP contribution < -0.4 is 14.2 Å². The molecule has 31 heavy (non-hydrogen) atoms. The Hall–Kier alpha value is -3.52. The van der Waals surface area contributed by atoms with Crippen molar-refractivity contribution in [3.63, 3.8) is 0 Å². The number of amidine groups is 1. The van der Waals surface area contributed by atoms with Crippen LogP contribution in [0.25, 0.3) is 16.8 Å². The summed E-state index contributed by atoms with van der Waals surface area (Å²) in [7, 11) is 4.81. The molecule has 8 heteroatoms. The third-order valence-electron chi connectivity index (χ3n) is 5.11. The number of methoxy groups -OCH3 is 3. The second kappa shape index (κ2) is 8.69. The minimum absolute atomic E-state index is 0.154. The van der Waals surface area contributed by atoms with Crippen molar-refractivity contribution in [2.75, 3.05) is 27.9 Å². The highest BCUT2D eigenvalue weighted by atomic mass is 32.1. The molecule has 1 aromatic heterocycles. The van der Waals surface area contributed by atoms with Crippen molar-refractivity contribution in [2.24, 2.45) is 0 Å². The lowest BCUT2D eigenvalue weighted by Gasteiger charge is -2.19. The summed E-state index contributed by atoms with van der Waals surface area (Å²) >= 11 is 1.41. The van der Waals surface area contributed by atoms with E-state index in [9.17, 15) is 5.11 Å². The summed E-state index contributed by atoms with van der Waals surface area (Å²) in [6, 6.07) is 13.3. The van der Waals surface area contributed by atoms with Crippen molar-refractivity contribution in [3.05, 3.63) is 64.2 Å². The molecule has 0 radical (unpaired) electrons. The summed E-state index contributed by atoms with van der Waals surface area (Å²) in [5.41, 5.74) is 3.18. The number of aromatic nitrogens is 1. The molecule has 7 nitrogen and oxygen atoms in total. The van der Waals surface area contributed by atoms with Crippen LogP contribution >= 0.6 is 11.3 Å². The zero-order valence-corrected chi connectivity index (χ0v) is 18.3. The summed E-state index contributed by atoms with van der Waals surface area (Å²) < 4.78 is 15.8. The normalized spacial score (nSPS) is 13.6. The van der Waals surface area contributed by atoms with Gasteiger partial charge in [0.05, 0.1) is 39.1 Å². The van der Waals surface area contributed by atoms with Gasteiger partial charge < -0.3 is 24.2 Å². The largest absolute Gasteiger partial charge is 0.510 e. The maximum Gasteiger partial charge on any atom is 0.161 e. The molecule has 0 bridgehead atoms. The Bertz CT molecular complexity index is 1140. The number of aliphatic hydroxyl groups excluding tert-OH is 1. The fourth-order valence-electron chi connectivity index (χ4n) is 3.48. The van der Waals surface area contributed by atoms with Crippen LogP contribution in [0.3, 0.4) is 0 Å². The number of nitrogens with one attached hydrogen (secondary N) is 1. The Kier molecular flexibility index (Phi) is 5.81. The van der Waals surface area contributed by atoms with Crippen molar-refractivity contribution < 1.29 is 19.3 Å². The maximum absolute atomic E-state index is 10.6. The molecular formula is C23H23N3O4S. The first-order chi connectivity index (χ1) is 15.0. The van der Waals surface area contributed by atoms with E-state index in [0.29, 0.717) is 28.6 Å². The highest BCUT2D eigenvalue weighted by Gasteiger charge is 2.30. The lowest BCUT2D eigenvalue weighted by Crippen LogP contribution is -2.26. The Labute approximate surface area is 184 Å². The molecule has 3 aromatic rings. The number of ether oxygens (including phenoxy) is 3. The molecule has 1 aliphatic heterocycles. The van der Waals surface area contributed by atoms with Crippen LogP contribution in [0.15, 0.2) is 53.6 Å². The molecule has 160 valence electrons. The topological polar surface area (TPSA) is 87.9 Å². The Morgan fingerprint density at radius 1 is 1.03 bits per heavy atom. The minimum atomic E-state index is 0.154. The van der Waals surface area contributed by atoms with Gasteiger partial charge in [-0.05, 0) is 42.0 Å². The van der Waals surface area contributed by atoms with E-state index in [0.717, 1.165) is 22.6 Å². The summed E-state index contributed by atoms with van der Waals surface area (Å²) in [6.07, 6.45) is 0. The molecule has 4 rings (SSSR count). The SMILES string of the molecule is COc1ccc(-c2csc(C3=C(O)CN(Cc4ccc(OC)c(OC)c4)C3=N)n2)cc1. The lowest BCUT2D eigenvalue weighted by molar-refractivity contribution is 0.343. The highest BCUT2D eigenvalue weighted by molar-refractivity contribution is 7.11. The molecule has 2 aromatic carbocycles. The van der Waals surface area contributed by atoms with E-state index in [1.807, 2.05) is 47.8 Å². The molecule has 2 heterocycles. The molecule has 0 atom stereocenters. The third-order valence-corrected chi connectivity index (χ3v) is 5.97. The number of nitrogens with zero attached hydrogens (tertiary/aromatic N) is 2. The van der Waals surface area contributed by atoms with Gasteiger partial charge in [0.25, 0.3) is 0 Å². The first-order valence-corrected chi connectivity index (χ1v) is 10.5. The van der Waals surface area contributed by atoms with E-state index in [2.05, 4.69) is 4.98 Å². The van der Waals surface area contributed by atoms with E-state index in [1.165, 1.54) is 11.3 Å². The van der Waals surface area contributed by atoms with Crippen molar-refractivity contribution in [3.8, 4) is 28.5 Å². The van der Waals surface area contributed by atoms with Crippen LogP contribution in [-0.4, -0.2) is 48.7 Å². The standard InChI is InChI=1S/C23H23N3O4S/c1-28-16-7-5-15(6-8-16)17-13-31-23(25-17)21-18(27)12-26(22(21)24)11-14-4-9-19(29-2)20(10-14)30-3/h4-10,13,24,27H,11-12H2,1-3H3. The van der Waals surface area contributed by atoms with E-state index in [1.54, 1.807) is 26.2 Å². The maximum atomic E-state index is 10.6. The van der Waals surface area contributed by atoms with E-state index >= 15 is 0 Å². The van der Waals surface area contributed by atoms with Crippen molar-refractivity contribution in [1.82, 2.24) is 9.88 Å². The quantitative estimate of drug-likeness (QED) is 0.562. The number of hydrogen-bond acceptors (Lipinski definition) is 7. The fourth-order valence-corrected chi connectivity index (χ4v) is 4.37. The molecule has 0 fully saturated rings. The average molecular weight is 438 g/mol. The van der Waals surface area contributed by atoms with Crippen LogP contribution in [-0.2, 0) is 6.54 Å². The molecule has 0 unspecified atom stereocenters. The van der Waals surface area contributed by atoms with Crippen LogP contribution in [0.4, 0.5) is 0 Å². The number of rotatable bonds is 7. The van der Waals surface area contributed by atoms with Gasteiger partial charge in [-0.2, -0.15) is 0 Å². The van der Waals surface area contributed by atoms with Crippen LogP contribution in [0, 0.1) is 5.41 Å².